The normalized spacial score (nSPS) is 15.3. The van der Waals surface area contributed by atoms with Crippen molar-refractivity contribution in [3.63, 3.8) is 0 Å². The monoisotopic (exact) mass is 442 g/mol. The van der Waals surface area contributed by atoms with Crippen molar-refractivity contribution >= 4 is 15.8 Å². The van der Waals surface area contributed by atoms with Crippen LogP contribution in [0.15, 0.2) is 47.9 Å². The molecule has 0 atom stereocenters. The van der Waals surface area contributed by atoms with Gasteiger partial charge in [-0.3, -0.25) is 4.57 Å². The lowest BCUT2D eigenvalue weighted by Gasteiger charge is -2.34. The molecule has 1 fully saturated rings. The Morgan fingerprint density at radius 1 is 0.968 bits per heavy atom. The molecular formula is C21H26N6O3S. The van der Waals surface area contributed by atoms with Crippen LogP contribution in [0.1, 0.15) is 18.3 Å². The molecule has 3 aromatic rings. The van der Waals surface area contributed by atoms with Crippen molar-refractivity contribution in [2.45, 2.75) is 25.7 Å². The fourth-order valence-electron chi connectivity index (χ4n) is 3.55. The number of aryl methyl sites for hydroxylation is 1. The third-order valence-electron chi connectivity index (χ3n) is 5.47. The molecule has 4 rings (SSSR count). The highest BCUT2D eigenvalue weighted by atomic mass is 32.2. The Morgan fingerprint density at radius 3 is 2.26 bits per heavy atom. The minimum Gasteiger partial charge on any atom is -0.494 e. The average molecular weight is 443 g/mol. The molecule has 1 aliphatic rings. The van der Waals surface area contributed by atoms with E-state index in [1.165, 1.54) is 10.6 Å². The maximum Gasteiger partial charge on any atom is 0.243 e. The molecule has 0 unspecified atom stereocenters. The first kappa shape index (κ1) is 21.3. The Balaban J connectivity index is 1.46. The van der Waals surface area contributed by atoms with Crippen LogP contribution in [0.3, 0.4) is 0 Å². The molecule has 164 valence electrons. The van der Waals surface area contributed by atoms with Crippen LogP contribution in [-0.4, -0.2) is 65.0 Å². The molecule has 0 amide bonds. The predicted octanol–water partition coefficient (Wildman–Crippen LogP) is 2.19. The molecule has 10 heteroatoms. The predicted molar refractivity (Wildman–Crippen MR) is 117 cm³/mol. The summed E-state index contributed by atoms with van der Waals surface area (Å²) in [6, 6.07) is 8.48. The van der Waals surface area contributed by atoms with Crippen LogP contribution in [0, 0.1) is 13.8 Å². The van der Waals surface area contributed by atoms with Crippen LogP contribution in [0.4, 0.5) is 5.82 Å². The van der Waals surface area contributed by atoms with E-state index in [9.17, 15) is 8.42 Å². The van der Waals surface area contributed by atoms with Gasteiger partial charge in [0, 0.05) is 37.9 Å². The quantitative estimate of drug-likeness (QED) is 0.578. The Morgan fingerprint density at radius 2 is 1.65 bits per heavy atom. The summed E-state index contributed by atoms with van der Waals surface area (Å²) in [5.74, 6) is 2.18. The molecule has 0 bridgehead atoms. The van der Waals surface area contributed by atoms with E-state index in [0.717, 1.165) is 23.0 Å². The van der Waals surface area contributed by atoms with Gasteiger partial charge >= 0.3 is 0 Å². The number of ether oxygens (including phenoxy) is 1. The number of benzene rings is 1. The molecule has 2 aromatic heterocycles. The standard InChI is InChI=1S/C21H26N6O3S/c1-4-30-18-5-7-19(8-6-18)31(28,29)26-11-9-25(10-12-26)20-13-21(23-14-22-20)27-15-24-16(2)17(27)3/h5-8,13-15H,4,9-12H2,1-3H3. The van der Waals surface area contributed by atoms with Gasteiger partial charge in [0.25, 0.3) is 0 Å². The summed E-state index contributed by atoms with van der Waals surface area (Å²) in [7, 11) is -3.55. The summed E-state index contributed by atoms with van der Waals surface area (Å²) in [6.45, 7) is 8.26. The second-order valence-electron chi connectivity index (χ2n) is 7.32. The van der Waals surface area contributed by atoms with Crippen LogP contribution in [0.2, 0.25) is 0 Å². The Hall–Kier alpha value is -2.98. The van der Waals surface area contributed by atoms with Crippen molar-refractivity contribution in [1.29, 1.82) is 0 Å². The highest BCUT2D eigenvalue weighted by Crippen LogP contribution is 2.23. The molecule has 0 aliphatic carbocycles. The summed E-state index contributed by atoms with van der Waals surface area (Å²) >= 11 is 0. The number of imidazole rings is 1. The van der Waals surface area contributed by atoms with E-state index in [4.69, 9.17) is 4.74 Å². The second-order valence-corrected chi connectivity index (χ2v) is 9.25. The molecule has 0 spiro atoms. The molecule has 1 aromatic carbocycles. The van der Waals surface area contributed by atoms with E-state index < -0.39 is 10.0 Å². The highest BCUT2D eigenvalue weighted by Gasteiger charge is 2.29. The van der Waals surface area contributed by atoms with E-state index >= 15 is 0 Å². The average Bonchev–Trinajstić information content (AvgIpc) is 3.13. The number of rotatable bonds is 6. The number of hydrogen-bond acceptors (Lipinski definition) is 7. The van der Waals surface area contributed by atoms with Gasteiger partial charge in [0.1, 0.15) is 30.0 Å². The Kier molecular flexibility index (Phi) is 5.92. The van der Waals surface area contributed by atoms with Gasteiger partial charge < -0.3 is 9.64 Å². The molecule has 0 radical (unpaired) electrons. The van der Waals surface area contributed by atoms with Gasteiger partial charge in [-0.15, -0.1) is 0 Å². The molecular weight excluding hydrogens is 416 g/mol. The smallest absolute Gasteiger partial charge is 0.243 e. The summed E-state index contributed by atoms with van der Waals surface area (Å²) in [5.41, 5.74) is 1.98. The van der Waals surface area contributed by atoms with Crippen LogP contribution in [-0.2, 0) is 10.0 Å². The van der Waals surface area contributed by atoms with Crippen LogP contribution >= 0.6 is 0 Å². The number of aromatic nitrogens is 4. The lowest BCUT2D eigenvalue weighted by Crippen LogP contribution is -2.48. The molecule has 0 saturated carbocycles. The van der Waals surface area contributed by atoms with Gasteiger partial charge in [-0.05, 0) is 45.0 Å². The van der Waals surface area contributed by atoms with Gasteiger partial charge in [-0.1, -0.05) is 0 Å². The van der Waals surface area contributed by atoms with Gasteiger partial charge in [-0.2, -0.15) is 4.31 Å². The molecule has 0 N–H and O–H groups in total. The maximum absolute atomic E-state index is 13.0. The topological polar surface area (TPSA) is 93.5 Å². The van der Waals surface area contributed by atoms with E-state index in [1.807, 2.05) is 31.4 Å². The Labute approximate surface area is 182 Å². The van der Waals surface area contributed by atoms with Crippen molar-refractivity contribution in [2.24, 2.45) is 0 Å². The maximum atomic E-state index is 13.0. The number of anilines is 1. The highest BCUT2D eigenvalue weighted by molar-refractivity contribution is 7.89. The molecule has 31 heavy (non-hydrogen) atoms. The second kappa shape index (κ2) is 8.64. The third-order valence-corrected chi connectivity index (χ3v) is 7.38. The number of sulfonamides is 1. The van der Waals surface area contributed by atoms with E-state index in [1.54, 1.807) is 30.6 Å². The van der Waals surface area contributed by atoms with Gasteiger partial charge in [0.15, 0.2) is 0 Å². The fourth-order valence-corrected chi connectivity index (χ4v) is 4.97. The van der Waals surface area contributed by atoms with Gasteiger partial charge in [0.2, 0.25) is 10.0 Å². The van der Waals surface area contributed by atoms with E-state index in [0.29, 0.717) is 38.5 Å². The van der Waals surface area contributed by atoms with E-state index in [-0.39, 0.29) is 4.90 Å². The lowest BCUT2D eigenvalue weighted by atomic mass is 10.3. The van der Waals surface area contributed by atoms with Gasteiger partial charge in [0.05, 0.1) is 17.2 Å². The first-order valence-electron chi connectivity index (χ1n) is 10.2. The summed E-state index contributed by atoms with van der Waals surface area (Å²) in [5, 5.41) is 0. The zero-order chi connectivity index (χ0) is 22.0. The van der Waals surface area contributed by atoms with Crippen molar-refractivity contribution in [1.82, 2.24) is 23.8 Å². The largest absolute Gasteiger partial charge is 0.494 e. The zero-order valence-corrected chi connectivity index (χ0v) is 18.7. The van der Waals surface area contributed by atoms with Gasteiger partial charge in [-0.25, -0.2) is 23.4 Å². The SMILES string of the molecule is CCOc1ccc(S(=O)(=O)N2CCN(c3cc(-n4cnc(C)c4C)ncn3)CC2)cc1. The van der Waals surface area contributed by atoms with Crippen LogP contribution < -0.4 is 9.64 Å². The number of piperazine rings is 1. The first-order valence-corrected chi connectivity index (χ1v) is 11.6. The summed E-state index contributed by atoms with van der Waals surface area (Å²) in [4.78, 5) is 15.4. The molecule has 1 saturated heterocycles. The zero-order valence-electron chi connectivity index (χ0n) is 17.9. The molecule has 1 aliphatic heterocycles. The Bertz CT molecular complexity index is 1150. The minimum atomic E-state index is -3.55. The summed E-state index contributed by atoms with van der Waals surface area (Å²) in [6.07, 6.45) is 3.28. The fraction of sp³-hybridized carbons (Fsp3) is 0.381. The van der Waals surface area contributed by atoms with Crippen molar-refractivity contribution in [3.05, 3.63) is 54.4 Å². The first-order chi connectivity index (χ1) is 14.9. The van der Waals surface area contributed by atoms with Crippen LogP contribution in [0.25, 0.3) is 5.82 Å². The number of hydrogen-bond donors (Lipinski definition) is 0. The van der Waals surface area contributed by atoms with Crippen LogP contribution in [0.5, 0.6) is 5.75 Å². The number of nitrogens with zero attached hydrogens (tertiary/aromatic N) is 6. The minimum absolute atomic E-state index is 0.277. The summed E-state index contributed by atoms with van der Waals surface area (Å²) < 4.78 is 34.9. The van der Waals surface area contributed by atoms with E-state index in [2.05, 4.69) is 19.9 Å². The third kappa shape index (κ3) is 4.26. The van der Waals surface area contributed by atoms with Crippen molar-refractivity contribution in [3.8, 4) is 11.6 Å². The molecule has 9 nitrogen and oxygen atoms in total. The van der Waals surface area contributed by atoms with Crippen molar-refractivity contribution < 1.29 is 13.2 Å². The van der Waals surface area contributed by atoms with Crippen molar-refractivity contribution in [2.75, 3.05) is 37.7 Å². The lowest BCUT2D eigenvalue weighted by molar-refractivity contribution is 0.340. The molecule has 3 heterocycles.